The van der Waals surface area contributed by atoms with Crippen molar-refractivity contribution in [3.8, 4) is 0 Å². The molecule has 3 rings (SSSR count). The third kappa shape index (κ3) is 3.52. The number of carbonyl (C=O) groups is 1. The van der Waals surface area contributed by atoms with E-state index in [1.807, 2.05) is 18.9 Å². The molecule has 0 radical (unpaired) electrons. The number of aromatic amines is 1. The highest BCUT2D eigenvalue weighted by molar-refractivity contribution is 5.76. The van der Waals surface area contributed by atoms with Crippen LogP contribution in [0.5, 0.6) is 0 Å². The molecule has 0 saturated carbocycles. The van der Waals surface area contributed by atoms with E-state index in [1.165, 1.54) is 0 Å². The molecule has 7 nitrogen and oxygen atoms in total. The normalized spacial score (nSPS) is 26.8. The van der Waals surface area contributed by atoms with Crippen LogP contribution in [0, 0.1) is 6.92 Å². The van der Waals surface area contributed by atoms with Crippen LogP contribution < -0.4 is 5.56 Å². The Labute approximate surface area is 142 Å². The van der Waals surface area contributed by atoms with Gasteiger partial charge in [-0.25, -0.2) is 4.98 Å². The number of carbonyl (C=O) groups excluding carboxylic acids is 1. The number of likely N-dealkylation sites (tertiary alicyclic amines) is 1. The summed E-state index contributed by atoms with van der Waals surface area (Å²) in [4.78, 5) is 37.5. The number of aromatic nitrogens is 2. The summed E-state index contributed by atoms with van der Waals surface area (Å²) in [6.45, 7) is 6.14. The molecule has 0 bridgehead atoms. The molecule has 0 aliphatic carbocycles. The molecule has 7 heteroatoms. The van der Waals surface area contributed by atoms with Gasteiger partial charge in [0.1, 0.15) is 5.82 Å². The summed E-state index contributed by atoms with van der Waals surface area (Å²) in [5, 5.41) is 0. The van der Waals surface area contributed by atoms with Crippen molar-refractivity contribution in [3.63, 3.8) is 0 Å². The molecule has 1 amide bonds. The molecule has 24 heavy (non-hydrogen) atoms. The van der Waals surface area contributed by atoms with Gasteiger partial charge in [0.2, 0.25) is 5.91 Å². The highest BCUT2D eigenvalue weighted by Crippen LogP contribution is 2.32. The van der Waals surface area contributed by atoms with Gasteiger partial charge in [-0.3, -0.25) is 19.4 Å². The summed E-state index contributed by atoms with van der Waals surface area (Å²) in [6, 6.07) is 1.59. The van der Waals surface area contributed by atoms with Crippen molar-refractivity contribution >= 4 is 5.91 Å². The molecule has 2 aliphatic heterocycles. The fourth-order valence-electron chi connectivity index (χ4n) is 3.93. The van der Waals surface area contributed by atoms with E-state index in [-0.39, 0.29) is 17.0 Å². The maximum absolute atomic E-state index is 12.0. The van der Waals surface area contributed by atoms with Gasteiger partial charge >= 0.3 is 0 Å². The molecule has 1 spiro atoms. The lowest BCUT2D eigenvalue weighted by atomic mass is 9.86. The minimum Gasteiger partial charge on any atom is -0.346 e. The van der Waals surface area contributed by atoms with Gasteiger partial charge in [-0.1, -0.05) is 0 Å². The Balaban J connectivity index is 1.75. The number of nitrogens with one attached hydrogen (secondary N) is 1. The van der Waals surface area contributed by atoms with E-state index < -0.39 is 0 Å². The van der Waals surface area contributed by atoms with Crippen molar-refractivity contribution in [1.82, 2.24) is 24.7 Å². The van der Waals surface area contributed by atoms with Crippen LogP contribution in [-0.4, -0.2) is 76.4 Å². The molecule has 1 aromatic heterocycles. The monoisotopic (exact) mass is 333 g/mol. The predicted octanol–water partition coefficient (Wildman–Crippen LogP) is 0.207. The maximum atomic E-state index is 12.0. The van der Waals surface area contributed by atoms with Crippen molar-refractivity contribution in [2.75, 3.05) is 40.3 Å². The van der Waals surface area contributed by atoms with Gasteiger partial charge in [0, 0.05) is 57.8 Å². The molecule has 3 heterocycles. The van der Waals surface area contributed by atoms with Crippen LogP contribution in [0.15, 0.2) is 10.9 Å². The summed E-state index contributed by atoms with van der Waals surface area (Å²) in [5.74, 6) is 0.896. The Hall–Kier alpha value is -1.73. The third-order valence-electron chi connectivity index (χ3n) is 5.52. The molecule has 1 N–H and O–H groups in total. The summed E-state index contributed by atoms with van der Waals surface area (Å²) >= 11 is 0. The highest BCUT2D eigenvalue weighted by Gasteiger charge is 2.41. The van der Waals surface area contributed by atoms with Crippen molar-refractivity contribution in [2.24, 2.45) is 0 Å². The molecule has 2 fully saturated rings. The molecule has 1 aromatic rings. The lowest BCUT2D eigenvalue weighted by Gasteiger charge is -2.49. The zero-order valence-corrected chi connectivity index (χ0v) is 14.8. The van der Waals surface area contributed by atoms with E-state index in [9.17, 15) is 9.59 Å². The van der Waals surface area contributed by atoms with Crippen molar-refractivity contribution < 1.29 is 4.79 Å². The molecular formula is C17H27N5O2. The number of amides is 1. The molecule has 0 unspecified atom stereocenters. The molecule has 2 saturated heterocycles. The largest absolute Gasteiger partial charge is 0.346 e. The summed E-state index contributed by atoms with van der Waals surface area (Å²) < 4.78 is 0. The number of H-pyrrole nitrogens is 1. The van der Waals surface area contributed by atoms with E-state index >= 15 is 0 Å². The van der Waals surface area contributed by atoms with Gasteiger partial charge < -0.3 is 9.88 Å². The highest BCUT2D eigenvalue weighted by atomic mass is 16.2. The van der Waals surface area contributed by atoms with Gasteiger partial charge in [-0.15, -0.1) is 0 Å². The Bertz CT molecular complexity index is 673. The first-order valence-corrected chi connectivity index (χ1v) is 8.62. The average Bonchev–Trinajstić information content (AvgIpc) is 2.65. The van der Waals surface area contributed by atoms with Crippen LogP contribution in [0.25, 0.3) is 0 Å². The fraction of sp³-hybridized carbons (Fsp3) is 0.706. The van der Waals surface area contributed by atoms with Crippen LogP contribution in [-0.2, 0) is 11.3 Å². The van der Waals surface area contributed by atoms with Crippen LogP contribution in [0.3, 0.4) is 0 Å². The number of likely N-dealkylation sites (N-methyl/N-ethyl adjacent to an activating group) is 1. The second kappa shape index (κ2) is 6.64. The SMILES string of the molecule is Cc1nc(CN2CCN(C)[C@]3(CCC(=O)N(C)CC3)C2)cc(=O)[nH]1. The van der Waals surface area contributed by atoms with Crippen LogP contribution in [0.1, 0.15) is 30.8 Å². The Morgan fingerprint density at radius 1 is 1.21 bits per heavy atom. The second-order valence-electron chi connectivity index (χ2n) is 7.24. The Morgan fingerprint density at radius 2 is 2.00 bits per heavy atom. The average molecular weight is 333 g/mol. The number of piperazine rings is 1. The smallest absolute Gasteiger partial charge is 0.251 e. The van der Waals surface area contributed by atoms with Crippen LogP contribution >= 0.6 is 0 Å². The number of rotatable bonds is 2. The standard InChI is InChI=1S/C17H27N5O2/c1-13-18-14(10-15(23)19-13)11-22-9-8-21(3)17(12-22)5-4-16(24)20(2)7-6-17/h10H,4-9,11-12H2,1-3H3,(H,18,19,23)/t17-/m0/s1. The molecule has 0 aromatic carbocycles. The maximum Gasteiger partial charge on any atom is 0.251 e. The first kappa shape index (κ1) is 17.1. The van der Waals surface area contributed by atoms with E-state index in [0.717, 1.165) is 44.7 Å². The Kier molecular flexibility index (Phi) is 4.73. The van der Waals surface area contributed by atoms with Gasteiger partial charge in [0.15, 0.2) is 0 Å². The van der Waals surface area contributed by atoms with Crippen molar-refractivity contribution in [1.29, 1.82) is 0 Å². The summed E-state index contributed by atoms with van der Waals surface area (Å²) in [6.07, 6.45) is 2.49. The number of nitrogens with zero attached hydrogens (tertiary/aromatic N) is 4. The zero-order chi connectivity index (χ0) is 17.3. The first-order chi connectivity index (χ1) is 11.4. The first-order valence-electron chi connectivity index (χ1n) is 8.62. The van der Waals surface area contributed by atoms with Gasteiger partial charge in [0.05, 0.1) is 5.69 Å². The zero-order valence-electron chi connectivity index (χ0n) is 14.8. The van der Waals surface area contributed by atoms with Crippen molar-refractivity contribution in [2.45, 2.75) is 38.3 Å². The minimum absolute atomic E-state index is 0.0366. The van der Waals surface area contributed by atoms with Crippen molar-refractivity contribution in [3.05, 3.63) is 27.9 Å². The predicted molar refractivity (Wildman–Crippen MR) is 91.7 cm³/mol. The number of hydrogen-bond acceptors (Lipinski definition) is 5. The quantitative estimate of drug-likeness (QED) is 0.837. The van der Waals surface area contributed by atoms with E-state index in [1.54, 1.807) is 6.07 Å². The Morgan fingerprint density at radius 3 is 2.75 bits per heavy atom. The van der Waals surface area contributed by atoms with Crippen LogP contribution in [0.4, 0.5) is 0 Å². The molecule has 1 atom stereocenters. The number of hydrogen-bond donors (Lipinski definition) is 1. The molecule has 2 aliphatic rings. The molecule has 132 valence electrons. The van der Waals surface area contributed by atoms with Gasteiger partial charge in [-0.2, -0.15) is 0 Å². The van der Waals surface area contributed by atoms with E-state index in [2.05, 4.69) is 26.8 Å². The lowest BCUT2D eigenvalue weighted by molar-refractivity contribution is -0.129. The van der Waals surface area contributed by atoms with Gasteiger partial charge in [-0.05, 0) is 26.8 Å². The summed E-state index contributed by atoms with van der Waals surface area (Å²) in [7, 11) is 4.06. The van der Waals surface area contributed by atoms with E-state index in [4.69, 9.17) is 0 Å². The van der Waals surface area contributed by atoms with Gasteiger partial charge in [0.25, 0.3) is 5.56 Å². The fourth-order valence-corrected chi connectivity index (χ4v) is 3.93. The summed E-state index contributed by atoms with van der Waals surface area (Å²) in [5.41, 5.74) is 0.760. The topological polar surface area (TPSA) is 72.5 Å². The van der Waals surface area contributed by atoms with E-state index in [0.29, 0.717) is 18.8 Å². The lowest BCUT2D eigenvalue weighted by Crippen LogP contribution is -2.60. The second-order valence-corrected chi connectivity index (χ2v) is 7.24. The molecular weight excluding hydrogens is 306 g/mol. The minimum atomic E-state index is -0.0944. The van der Waals surface area contributed by atoms with Crippen LogP contribution in [0.2, 0.25) is 0 Å². The number of aryl methyl sites for hydroxylation is 1. The third-order valence-corrected chi connectivity index (χ3v) is 5.52.